The average molecular weight is 221 g/mol. The quantitative estimate of drug-likeness (QED) is 0.668. The molecule has 1 aromatic rings. The highest BCUT2D eigenvalue weighted by Crippen LogP contribution is 2.38. The van der Waals surface area contributed by atoms with Gasteiger partial charge in [0, 0.05) is 11.6 Å². The van der Waals surface area contributed by atoms with E-state index in [9.17, 15) is 4.39 Å². The molecule has 78 valence electrons. The first-order chi connectivity index (χ1) is 6.38. The lowest BCUT2D eigenvalue weighted by molar-refractivity contribution is 0.0866. The van der Waals surface area contributed by atoms with Crippen LogP contribution >= 0.6 is 11.6 Å². The second-order valence-electron chi connectivity index (χ2n) is 3.18. The molecule has 0 aliphatic rings. The van der Waals surface area contributed by atoms with Crippen LogP contribution in [0.25, 0.3) is 0 Å². The van der Waals surface area contributed by atoms with E-state index in [2.05, 4.69) is 0 Å². The number of phenolic OH excluding ortho intramolecular Hbond substituents is 2. The topological polar surface area (TPSA) is 60.7 Å². The third-order valence-electron chi connectivity index (χ3n) is 1.92. The predicted molar refractivity (Wildman–Crippen MR) is 50.3 cm³/mol. The molecule has 1 rings (SSSR count). The molecule has 5 heteroatoms. The second-order valence-corrected chi connectivity index (χ2v) is 3.58. The second kappa shape index (κ2) is 3.63. The van der Waals surface area contributed by atoms with Crippen LogP contribution in [-0.4, -0.2) is 21.9 Å². The predicted octanol–water partition coefficient (Wildman–Crippen LogP) is 1.93. The van der Waals surface area contributed by atoms with E-state index in [1.807, 2.05) is 0 Å². The zero-order chi connectivity index (χ0) is 10.9. The summed E-state index contributed by atoms with van der Waals surface area (Å²) in [6.07, 6.45) is 0. The minimum Gasteiger partial charge on any atom is -0.504 e. The highest BCUT2D eigenvalue weighted by molar-refractivity contribution is 6.31. The normalized spacial score (nSPS) is 15.1. The van der Waals surface area contributed by atoms with E-state index in [4.69, 9.17) is 26.9 Å². The third kappa shape index (κ3) is 1.91. The van der Waals surface area contributed by atoms with Gasteiger partial charge in [-0.15, -0.1) is 0 Å². The Morgan fingerprint density at radius 3 is 2.36 bits per heavy atom. The molecule has 0 saturated heterocycles. The largest absolute Gasteiger partial charge is 0.504 e. The summed E-state index contributed by atoms with van der Waals surface area (Å²) in [5.74, 6) is -0.894. The molecule has 0 saturated carbocycles. The minimum absolute atomic E-state index is 0.0423. The van der Waals surface area contributed by atoms with Crippen molar-refractivity contribution in [3.8, 4) is 11.5 Å². The molecule has 0 spiro atoms. The van der Waals surface area contributed by atoms with E-state index in [0.717, 1.165) is 19.1 Å². The van der Waals surface area contributed by atoms with Gasteiger partial charge >= 0.3 is 0 Å². The molecule has 0 fully saturated rings. The summed E-state index contributed by atoms with van der Waals surface area (Å²) in [6.45, 7) is 0.377. The Balaban J connectivity index is 3.29. The molecule has 1 aromatic carbocycles. The van der Waals surface area contributed by atoms with E-state index in [1.165, 1.54) is 0 Å². The van der Waals surface area contributed by atoms with Gasteiger partial charge in [-0.25, -0.2) is 4.39 Å². The van der Waals surface area contributed by atoms with Crippen molar-refractivity contribution in [2.45, 2.75) is 12.6 Å². The van der Waals surface area contributed by atoms with Crippen molar-refractivity contribution in [2.75, 3.05) is 6.61 Å². The van der Waals surface area contributed by atoms with Gasteiger partial charge in [-0.2, -0.15) is 0 Å². The molecular formula is C9H10ClFO3. The van der Waals surface area contributed by atoms with Crippen molar-refractivity contribution in [1.29, 1.82) is 0 Å². The van der Waals surface area contributed by atoms with Crippen molar-refractivity contribution >= 4 is 11.6 Å². The number of phenols is 2. The maximum atomic E-state index is 13.6. The summed E-state index contributed by atoms with van der Waals surface area (Å²) < 4.78 is 13.6. The Kier molecular flexibility index (Phi) is 2.87. The van der Waals surface area contributed by atoms with Crippen molar-refractivity contribution in [3.63, 3.8) is 0 Å². The fourth-order valence-corrected chi connectivity index (χ4v) is 1.39. The van der Waals surface area contributed by atoms with Gasteiger partial charge in [-0.05, 0) is 13.0 Å². The molecule has 0 bridgehead atoms. The van der Waals surface area contributed by atoms with E-state index >= 15 is 0 Å². The number of aromatic hydroxyl groups is 2. The molecule has 0 radical (unpaired) electrons. The number of aliphatic hydroxyl groups excluding tert-OH is 1. The van der Waals surface area contributed by atoms with Crippen LogP contribution in [0.2, 0.25) is 5.02 Å². The molecule has 3 nitrogen and oxygen atoms in total. The summed E-state index contributed by atoms with van der Waals surface area (Å²) in [5.41, 5.74) is -2.10. The van der Waals surface area contributed by atoms with Gasteiger partial charge in [0.1, 0.15) is 0 Å². The number of hydrogen-bond acceptors (Lipinski definition) is 3. The number of alkyl halides is 1. The van der Waals surface area contributed by atoms with Crippen molar-refractivity contribution < 1.29 is 19.7 Å². The van der Waals surface area contributed by atoms with Crippen LogP contribution < -0.4 is 0 Å². The number of benzene rings is 1. The molecule has 0 aromatic heterocycles. The molecule has 1 unspecified atom stereocenters. The van der Waals surface area contributed by atoms with Gasteiger partial charge in [-0.1, -0.05) is 11.6 Å². The SMILES string of the molecule is CC(F)(CO)c1cc(O)c(O)cc1Cl. The van der Waals surface area contributed by atoms with Crippen molar-refractivity contribution in [2.24, 2.45) is 0 Å². The van der Waals surface area contributed by atoms with E-state index in [1.54, 1.807) is 0 Å². The lowest BCUT2D eigenvalue weighted by atomic mass is 9.98. The van der Waals surface area contributed by atoms with Gasteiger partial charge < -0.3 is 15.3 Å². The smallest absolute Gasteiger partial charge is 0.158 e. The Labute approximate surface area is 85.4 Å². The Bertz CT molecular complexity index is 352. The summed E-state index contributed by atoms with van der Waals surface area (Å²) in [6, 6.07) is 2.02. The zero-order valence-corrected chi connectivity index (χ0v) is 8.22. The number of aliphatic hydroxyl groups is 1. The lowest BCUT2D eigenvalue weighted by Gasteiger charge is -2.19. The third-order valence-corrected chi connectivity index (χ3v) is 2.24. The Morgan fingerprint density at radius 2 is 1.86 bits per heavy atom. The van der Waals surface area contributed by atoms with Crippen LogP contribution in [-0.2, 0) is 5.67 Å². The van der Waals surface area contributed by atoms with Gasteiger partial charge in [0.2, 0.25) is 0 Å². The van der Waals surface area contributed by atoms with Crippen LogP contribution in [0.1, 0.15) is 12.5 Å². The summed E-state index contributed by atoms with van der Waals surface area (Å²) in [5, 5.41) is 26.9. The van der Waals surface area contributed by atoms with Gasteiger partial charge in [-0.3, -0.25) is 0 Å². The first-order valence-corrected chi connectivity index (χ1v) is 4.28. The number of hydrogen-bond donors (Lipinski definition) is 3. The lowest BCUT2D eigenvalue weighted by Crippen LogP contribution is -2.20. The van der Waals surface area contributed by atoms with Crippen LogP contribution in [0, 0.1) is 0 Å². The average Bonchev–Trinajstić information content (AvgIpc) is 2.11. The Morgan fingerprint density at radius 1 is 1.36 bits per heavy atom. The van der Waals surface area contributed by atoms with E-state index in [0.29, 0.717) is 0 Å². The van der Waals surface area contributed by atoms with Gasteiger partial charge in [0.25, 0.3) is 0 Å². The van der Waals surface area contributed by atoms with Crippen LogP contribution in [0.4, 0.5) is 4.39 Å². The summed E-state index contributed by atoms with van der Waals surface area (Å²) in [4.78, 5) is 0. The number of halogens is 2. The summed E-state index contributed by atoms with van der Waals surface area (Å²) in [7, 11) is 0. The highest BCUT2D eigenvalue weighted by atomic mass is 35.5. The first kappa shape index (κ1) is 11.1. The summed E-state index contributed by atoms with van der Waals surface area (Å²) >= 11 is 5.64. The monoisotopic (exact) mass is 220 g/mol. The van der Waals surface area contributed by atoms with Gasteiger partial charge in [0.15, 0.2) is 17.2 Å². The minimum atomic E-state index is -2.04. The first-order valence-electron chi connectivity index (χ1n) is 3.90. The van der Waals surface area contributed by atoms with Crippen molar-refractivity contribution in [1.82, 2.24) is 0 Å². The number of rotatable bonds is 2. The maximum absolute atomic E-state index is 13.6. The molecule has 1 atom stereocenters. The molecule has 0 amide bonds. The van der Waals surface area contributed by atoms with Crippen LogP contribution in [0.15, 0.2) is 12.1 Å². The molecular weight excluding hydrogens is 211 g/mol. The zero-order valence-electron chi connectivity index (χ0n) is 7.46. The molecule has 0 heterocycles. The fourth-order valence-electron chi connectivity index (χ4n) is 1.04. The highest BCUT2D eigenvalue weighted by Gasteiger charge is 2.28. The van der Waals surface area contributed by atoms with E-state index < -0.39 is 23.8 Å². The molecule has 0 aliphatic carbocycles. The van der Waals surface area contributed by atoms with Crippen LogP contribution in [0.3, 0.4) is 0 Å². The molecule has 14 heavy (non-hydrogen) atoms. The molecule has 0 aliphatic heterocycles. The van der Waals surface area contributed by atoms with E-state index in [-0.39, 0.29) is 10.6 Å². The van der Waals surface area contributed by atoms with Crippen molar-refractivity contribution in [3.05, 3.63) is 22.7 Å². The molecule has 3 N–H and O–H groups in total. The standard InChI is InChI=1S/C9H10ClFO3/c1-9(11,4-12)5-2-7(13)8(14)3-6(5)10/h2-3,12-14H,4H2,1H3. The maximum Gasteiger partial charge on any atom is 0.158 e. The Hall–Kier alpha value is -1.00. The fraction of sp³-hybridized carbons (Fsp3) is 0.333. The van der Waals surface area contributed by atoms with Gasteiger partial charge in [0.05, 0.1) is 11.6 Å². The van der Waals surface area contributed by atoms with Crippen LogP contribution in [0.5, 0.6) is 11.5 Å².